The molecule has 114 valence electrons. The lowest BCUT2D eigenvalue weighted by Gasteiger charge is -2.39. The maximum atomic E-state index is 12.3. The van der Waals surface area contributed by atoms with Crippen LogP contribution in [-0.2, 0) is 14.3 Å². The quantitative estimate of drug-likeness (QED) is 0.747. The number of hydrogen-bond acceptors (Lipinski definition) is 3. The molecule has 0 bridgehead atoms. The summed E-state index contributed by atoms with van der Waals surface area (Å²) in [6.07, 6.45) is 8.54. The summed E-state index contributed by atoms with van der Waals surface area (Å²) in [5, 5.41) is 0. The number of carbonyl (C=O) groups is 2. The molecule has 4 heteroatoms. The van der Waals surface area contributed by atoms with Gasteiger partial charge in [-0.05, 0) is 46.0 Å². The van der Waals surface area contributed by atoms with Crippen LogP contribution in [0, 0.1) is 5.92 Å². The van der Waals surface area contributed by atoms with E-state index in [1.165, 1.54) is 12.8 Å². The number of amides is 1. The third-order valence-electron chi connectivity index (χ3n) is 4.76. The second-order valence-electron chi connectivity index (χ2n) is 6.37. The van der Waals surface area contributed by atoms with Gasteiger partial charge in [0.1, 0.15) is 0 Å². The Morgan fingerprint density at radius 2 is 1.55 bits per heavy atom. The molecular weight excluding hydrogens is 254 g/mol. The molecule has 2 fully saturated rings. The number of ether oxygens (including phenoxy) is 1. The first-order valence-electron chi connectivity index (χ1n) is 8.07. The van der Waals surface area contributed by atoms with E-state index in [9.17, 15) is 9.59 Å². The summed E-state index contributed by atoms with van der Waals surface area (Å²) < 4.78 is 5.26. The maximum Gasteiger partial charge on any atom is 0.309 e. The van der Waals surface area contributed by atoms with Gasteiger partial charge in [-0.25, -0.2) is 0 Å². The van der Waals surface area contributed by atoms with Crippen LogP contribution in [0.15, 0.2) is 0 Å². The molecule has 2 aliphatic rings. The van der Waals surface area contributed by atoms with Crippen molar-refractivity contribution in [3.8, 4) is 0 Å². The zero-order valence-corrected chi connectivity index (χ0v) is 12.8. The fourth-order valence-electron chi connectivity index (χ4n) is 3.58. The van der Waals surface area contributed by atoms with Gasteiger partial charge in [0.15, 0.2) is 6.61 Å². The Balaban J connectivity index is 1.80. The van der Waals surface area contributed by atoms with Gasteiger partial charge in [-0.3, -0.25) is 9.59 Å². The van der Waals surface area contributed by atoms with Crippen LogP contribution < -0.4 is 0 Å². The van der Waals surface area contributed by atoms with E-state index >= 15 is 0 Å². The Labute approximate surface area is 121 Å². The lowest BCUT2D eigenvalue weighted by atomic mass is 9.89. The molecule has 1 saturated heterocycles. The average Bonchev–Trinajstić information content (AvgIpc) is 2.45. The van der Waals surface area contributed by atoms with Crippen LogP contribution >= 0.6 is 0 Å². The third kappa shape index (κ3) is 3.74. The molecule has 0 unspecified atom stereocenters. The van der Waals surface area contributed by atoms with Gasteiger partial charge in [-0.2, -0.15) is 0 Å². The van der Waals surface area contributed by atoms with Crippen molar-refractivity contribution in [3.63, 3.8) is 0 Å². The molecule has 1 amide bonds. The number of piperidine rings is 1. The molecule has 2 atom stereocenters. The second kappa shape index (κ2) is 7.09. The number of likely N-dealkylation sites (tertiary alicyclic amines) is 1. The predicted octanol–water partition coefficient (Wildman–Crippen LogP) is 2.90. The van der Waals surface area contributed by atoms with E-state index in [1.54, 1.807) is 0 Å². The number of carbonyl (C=O) groups excluding carboxylic acids is 2. The van der Waals surface area contributed by atoms with Crippen molar-refractivity contribution >= 4 is 11.9 Å². The van der Waals surface area contributed by atoms with Gasteiger partial charge in [0, 0.05) is 12.1 Å². The highest BCUT2D eigenvalue weighted by molar-refractivity contribution is 5.81. The van der Waals surface area contributed by atoms with E-state index in [0.717, 1.165) is 38.5 Å². The molecule has 1 aliphatic carbocycles. The number of hydrogen-bond donors (Lipinski definition) is 0. The Kier molecular flexibility index (Phi) is 5.44. The maximum absolute atomic E-state index is 12.3. The first-order valence-corrected chi connectivity index (χ1v) is 8.07. The Morgan fingerprint density at radius 1 is 0.950 bits per heavy atom. The zero-order chi connectivity index (χ0) is 14.5. The molecule has 0 aromatic rings. The summed E-state index contributed by atoms with van der Waals surface area (Å²) in [5.41, 5.74) is 0. The highest BCUT2D eigenvalue weighted by atomic mass is 16.5. The van der Waals surface area contributed by atoms with Crippen molar-refractivity contribution < 1.29 is 14.3 Å². The molecular formula is C16H27NO3. The number of esters is 1. The monoisotopic (exact) mass is 281 g/mol. The van der Waals surface area contributed by atoms with Crippen LogP contribution in [0.3, 0.4) is 0 Å². The largest absolute Gasteiger partial charge is 0.455 e. The topological polar surface area (TPSA) is 46.6 Å². The number of rotatable bonds is 3. The minimum atomic E-state index is -0.171. The first-order chi connectivity index (χ1) is 9.59. The fraction of sp³-hybridized carbons (Fsp3) is 0.875. The molecule has 1 saturated carbocycles. The Bertz CT molecular complexity index is 340. The Morgan fingerprint density at radius 3 is 2.15 bits per heavy atom. The van der Waals surface area contributed by atoms with E-state index in [2.05, 4.69) is 13.8 Å². The highest BCUT2D eigenvalue weighted by Crippen LogP contribution is 2.25. The standard InChI is InChI=1S/C16H27NO3/c1-12-7-6-8-13(2)17(12)15(18)11-20-16(19)14-9-4-3-5-10-14/h12-14H,3-11H2,1-2H3/t12-,13-/m0/s1. The van der Waals surface area contributed by atoms with Crippen LogP contribution in [0.2, 0.25) is 0 Å². The highest BCUT2D eigenvalue weighted by Gasteiger charge is 2.30. The molecule has 0 radical (unpaired) electrons. The lowest BCUT2D eigenvalue weighted by Crippen LogP contribution is -2.49. The second-order valence-corrected chi connectivity index (χ2v) is 6.37. The Hall–Kier alpha value is -1.06. The predicted molar refractivity (Wildman–Crippen MR) is 77.2 cm³/mol. The summed E-state index contributed by atoms with van der Waals surface area (Å²) in [6.45, 7) is 4.08. The van der Waals surface area contributed by atoms with Crippen molar-refractivity contribution in [2.45, 2.75) is 77.3 Å². The van der Waals surface area contributed by atoms with E-state index in [4.69, 9.17) is 4.74 Å². The van der Waals surface area contributed by atoms with Crippen LogP contribution in [0.25, 0.3) is 0 Å². The molecule has 0 spiro atoms. The summed E-state index contributed by atoms with van der Waals surface area (Å²) in [4.78, 5) is 26.1. The lowest BCUT2D eigenvalue weighted by molar-refractivity contribution is -0.158. The SMILES string of the molecule is C[C@H]1CCC[C@H](C)N1C(=O)COC(=O)C1CCCCC1. The smallest absolute Gasteiger partial charge is 0.309 e. The van der Waals surface area contributed by atoms with Crippen molar-refractivity contribution in [1.29, 1.82) is 0 Å². The average molecular weight is 281 g/mol. The molecule has 0 aromatic carbocycles. The number of nitrogens with zero attached hydrogens (tertiary/aromatic N) is 1. The summed E-state index contributed by atoms with van der Waals surface area (Å²) in [7, 11) is 0. The van der Waals surface area contributed by atoms with Gasteiger partial charge in [-0.15, -0.1) is 0 Å². The van der Waals surface area contributed by atoms with Crippen LogP contribution in [0.1, 0.15) is 65.2 Å². The minimum Gasteiger partial charge on any atom is -0.455 e. The molecule has 1 heterocycles. The molecule has 2 rings (SSSR count). The first kappa shape index (κ1) is 15.3. The van der Waals surface area contributed by atoms with Crippen molar-refractivity contribution in [2.75, 3.05) is 6.61 Å². The van der Waals surface area contributed by atoms with E-state index < -0.39 is 0 Å². The summed E-state index contributed by atoms with van der Waals surface area (Å²) >= 11 is 0. The molecule has 20 heavy (non-hydrogen) atoms. The third-order valence-corrected chi connectivity index (χ3v) is 4.76. The van der Waals surface area contributed by atoms with Gasteiger partial charge < -0.3 is 9.64 Å². The summed E-state index contributed by atoms with van der Waals surface area (Å²) in [6, 6.07) is 0.527. The van der Waals surface area contributed by atoms with Gasteiger partial charge >= 0.3 is 5.97 Å². The molecule has 0 N–H and O–H groups in total. The minimum absolute atomic E-state index is 0.0211. The molecule has 0 aromatic heterocycles. The van der Waals surface area contributed by atoms with Gasteiger partial charge in [0.25, 0.3) is 5.91 Å². The van der Waals surface area contributed by atoms with Crippen LogP contribution in [-0.4, -0.2) is 35.5 Å². The van der Waals surface area contributed by atoms with Crippen molar-refractivity contribution in [2.24, 2.45) is 5.92 Å². The van der Waals surface area contributed by atoms with Gasteiger partial charge in [0.2, 0.25) is 0 Å². The molecule has 1 aliphatic heterocycles. The van der Waals surface area contributed by atoms with Gasteiger partial charge in [-0.1, -0.05) is 19.3 Å². The fourth-order valence-corrected chi connectivity index (χ4v) is 3.58. The molecule has 4 nitrogen and oxygen atoms in total. The van der Waals surface area contributed by atoms with Gasteiger partial charge in [0.05, 0.1) is 5.92 Å². The van der Waals surface area contributed by atoms with Crippen LogP contribution in [0.5, 0.6) is 0 Å². The van der Waals surface area contributed by atoms with E-state index in [-0.39, 0.29) is 36.5 Å². The van der Waals surface area contributed by atoms with E-state index in [0.29, 0.717) is 0 Å². The summed E-state index contributed by atoms with van der Waals surface area (Å²) in [5.74, 6) is -0.183. The van der Waals surface area contributed by atoms with Crippen molar-refractivity contribution in [1.82, 2.24) is 4.90 Å². The van der Waals surface area contributed by atoms with E-state index in [1.807, 2.05) is 4.90 Å². The normalized spacial score (nSPS) is 28.2. The van der Waals surface area contributed by atoms with Crippen molar-refractivity contribution in [3.05, 3.63) is 0 Å². The van der Waals surface area contributed by atoms with Crippen LogP contribution in [0.4, 0.5) is 0 Å². The zero-order valence-electron chi connectivity index (χ0n) is 12.8.